The van der Waals surface area contributed by atoms with Gasteiger partial charge in [0.2, 0.25) is 0 Å². The molecular weight excluding hydrogens is 366 g/mol. The van der Waals surface area contributed by atoms with Gasteiger partial charge in [0.05, 0.1) is 12.6 Å². The predicted octanol–water partition coefficient (Wildman–Crippen LogP) is 2.04. The quantitative estimate of drug-likeness (QED) is 0.818. The third-order valence-corrected chi connectivity index (χ3v) is 5.40. The molecule has 160 valence electrons. The van der Waals surface area contributed by atoms with E-state index in [9.17, 15) is 4.79 Å². The van der Waals surface area contributed by atoms with Crippen molar-refractivity contribution in [1.29, 1.82) is 0 Å². The van der Waals surface area contributed by atoms with E-state index in [1.54, 1.807) is 0 Å². The number of aliphatic imine (C=N–C) groups is 1. The van der Waals surface area contributed by atoms with Crippen molar-refractivity contribution in [2.75, 3.05) is 46.8 Å². The van der Waals surface area contributed by atoms with E-state index in [0.717, 1.165) is 25.5 Å². The highest BCUT2D eigenvalue weighted by atomic mass is 16.6. The van der Waals surface area contributed by atoms with Crippen molar-refractivity contribution in [2.24, 2.45) is 4.99 Å². The Labute approximate surface area is 174 Å². The number of ether oxygens (including phenoxy) is 1. The zero-order valence-electron chi connectivity index (χ0n) is 18.4. The summed E-state index contributed by atoms with van der Waals surface area (Å²) in [4.78, 5) is 23.5. The maximum absolute atomic E-state index is 12.4. The summed E-state index contributed by atoms with van der Waals surface area (Å²) in [6.07, 6.45) is 0.762. The van der Waals surface area contributed by atoms with Crippen LogP contribution in [0.1, 0.15) is 26.3 Å². The first kappa shape index (κ1) is 21.4. The molecule has 1 fully saturated rings. The third-order valence-electron chi connectivity index (χ3n) is 5.40. The Hall–Kier alpha value is -2.28. The number of fused-ring (bicyclic) bond motifs is 1. The fourth-order valence-corrected chi connectivity index (χ4v) is 3.76. The fraction of sp³-hybridized carbons (Fsp3) is 0.636. The van der Waals surface area contributed by atoms with E-state index in [2.05, 4.69) is 59.5 Å². The Kier molecular flexibility index (Phi) is 6.67. The summed E-state index contributed by atoms with van der Waals surface area (Å²) in [6, 6.07) is 11.2. The maximum Gasteiger partial charge on any atom is 0.410 e. The average Bonchev–Trinajstić information content (AvgIpc) is 3.06. The number of nitrogens with one attached hydrogen (secondary N) is 1. The van der Waals surface area contributed by atoms with Crippen LogP contribution in [0.25, 0.3) is 0 Å². The van der Waals surface area contributed by atoms with E-state index >= 15 is 0 Å². The molecule has 7 nitrogen and oxygen atoms in total. The highest BCUT2D eigenvalue weighted by molar-refractivity contribution is 5.82. The number of guanidine groups is 1. The van der Waals surface area contributed by atoms with Crippen molar-refractivity contribution in [1.82, 2.24) is 20.0 Å². The van der Waals surface area contributed by atoms with E-state index in [-0.39, 0.29) is 12.1 Å². The molecule has 1 aromatic carbocycles. The van der Waals surface area contributed by atoms with Gasteiger partial charge < -0.3 is 24.8 Å². The van der Waals surface area contributed by atoms with Gasteiger partial charge in [-0.25, -0.2) is 4.79 Å². The Morgan fingerprint density at radius 3 is 2.66 bits per heavy atom. The average molecular weight is 402 g/mol. The van der Waals surface area contributed by atoms with E-state index in [4.69, 9.17) is 9.73 Å². The Balaban J connectivity index is 1.51. The minimum atomic E-state index is -0.465. The monoisotopic (exact) mass is 401 g/mol. The molecule has 3 rings (SSSR count). The van der Waals surface area contributed by atoms with Crippen LogP contribution < -0.4 is 5.32 Å². The largest absolute Gasteiger partial charge is 0.444 e. The summed E-state index contributed by atoms with van der Waals surface area (Å²) in [5.41, 5.74) is 0.873. The van der Waals surface area contributed by atoms with Crippen LogP contribution in [0.3, 0.4) is 0 Å². The Bertz CT molecular complexity index is 714. The van der Waals surface area contributed by atoms with Gasteiger partial charge >= 0.3 is 6.09 Å². The summed E-state index contributed by atoms with van der Waals surface area (Å²) < 4.78 is 5.52. The smallest absolute Gasteiger partial charge is 0.410 e. The lowest BCUT2D eigenvalue weighted by Gasteiger charge is -2.39. The molecule has 29 heavy (non-hydrogen) atoms. The number of carbonyl (C=O) groups is 1. The lowest BCUT2D eigenvalue weighted by atomic mass is 10.1. The normalized spacial score (nSPS) is 20.3. The van der Waals surface area contributed by atoms with Crippen LogP contribution in [0, 0.1) is 0 Å². The van der Waals surface area contributed by atoms with Crippen LogP contribution >= 0.6 is 0 Å². The van der Waals surface area contributed by atoms with E-state index in [0.29, 0.717) is 25.7 Å². The minimum absolute atomic E-state index is 0.227. The second-order valence-corrected chi connectivity index (χ2v) is 9.13. The van der Waals surface area contributed by atoms with Crippen molar-refractivity contribution in [3.05, 3.63) is 35.9 Å². The van der Waals surface area contributed by atoms with Crippen LogP contribution in [0.5, 0.6) is 0 Å². The molecule has 2 heterocycles. The molecule has 0 saturated carbocycles. The molecule has 2 aliphatic rings. The van der Waals surface area contributed by atoms with Gasteiger partial charge in [0, 0.05) is 32.2 Å². The number of hydrogen-bond donors (Lipinski definition) is 1. The molecule has 1 amide bonds. The molecule has 0 spiro atoms. The zero-order chi connectivity index (χ0) is 21.0. The number of rotatable bonds is 5. The highest BCUT2D eigenvalue weighted by Crippen LogP contribution is 2.19. The third kappa shape index (κ3) is 5.85. The van der Waals surface area contributed by atoms with Crippen molar-refractivity contribution in [2.45, 2.75) is 44.9 Å². The van der Waals surface area contributed by atoms with Gasteiger partial charge in [0.25, 0.3) is 0 Å². The van der Waals surface area contributed by atoms with Gasteiger partial charge in [-0.05, 0) is 46.9 Å². The van der Waals surface area contributed by atoms with Crippen molar-refractivity contribution >= 4 is 12.1 Å². The second-order valence-electron chi connectivity index (χ2n) is 9.13. The van der Waals surface area contributed by atoms with E-state index in [1.165, 1.54) is 5.56 Å². The summed E-state index contributed by atoms with van der Waals surface area (Å²) in [5.74, 6) is 0.957. The number of benzene rings is 1. The van der Waals surface area contributed by atoms with Gasteiger partial charge in [-0.3, -0.25) is 4.99 Å². The van der Waals surface area contributed by atoms with Gasteiger partial charge in [-0.2, -0.15) is 0 Å². The van der Waals surface area contributed by atoms with E-state index in [1.807, 2.05) is 25.7 Å². The fourth-order valence-electron chi connectivity index (χ4n) is 3.76. The predicted molar refractivity (Wildman–Crippen MR) is 116 cm³/mol. The van der Waals surface area contributed by atoms with Crippen molar-refractivity contribution in [3.63, 3.8) is 0 Å². The Morgan fingerprint density at radius 1 is 1.28 bits per heavy atom. The molecule has 1 saturated heterocycles. The molecule has 2 aliphatic heterocycles. The summed E-state index contributed by atoms with van der Waals surface area (Å²) >= 11 is 0. The van der Waals surface area contributed by atoms with Crippen LogP contribution in [0.2, 0.25) is 0 Å². The number of carbonyl (C=O) groups excluding carboxylic acids is 1. The summed E-state index contributed by atoms with van der Waals surface area (Å²) in [5, 5.41) is 3.56. The van der Waals surface area contributed by atoms with Gasteiger partial charge in [0.15, 0.2) is 5.96 Å². The number of piperazine rings is 1. The van der Waals surface area contributed by atoms with Gasteiger partial charge in [0.1, 0.15) is 5.60 Å². The van der Waals surface area contributed by atoms with Gasteiger partial charge in [-0.1, -0.05) is 30.3 Å². The zero-order valence-corrected chi connectivity index (χ0v) is 18.4. The first-order chi connectivity index (χ1) is 13.7. The molecule has 7 heteroatoms. The number of nitrogens with zero attached hydrogens (tertiary/aromatic N) is 4. The lowest BCUT2D eigenvalue weighted by Crippen LogP contribution is -2.58. The van der Waals surface area contributed by atoms with Crippen molar-refractivity contribution < 1.29 is 9.53 Å². The SMILES string of the molecule is CN(C)C(CNC1=NCC2CN(C(=O)OC(C)(C)C)CCN12)Cc1ccccc1. The summed E-state index contributed by atoms with van der Waals surface area (Å²) in [7, 11) is 4.24. The first-order valence-corrected chi connectivity index (χ1v) is 10.5. The molecule has 0 aromatic heterocycles. The van der Waals surface area contributed by atoms with Crippen LogP contribution in [0.15, 0.2) is 35.3 Å². The topological polar surface area (TPSA) is 60.4 Å². The number of likely N-dealkylation sites (N-methyl/N-ethyl adjacent to an activating group) is 1. The molecule has 2 atom stereocenters. The molecule has 2 unspecified atom stereocenters. The van der Waals surface area contributed by atoms with E-state index < -0.39 is 5.60 Å². The molecule has 0 aliphatic carbocycles. The standard InChI is InChI=1S/C22H35N5O2/c1-22(2,3)29-21(28)26-11-12-27-19(16-26)15-24-20(27)23-14-18(25(4)5)13-17-9-7-6-8-10-17/h6-10,18-19H,11-16H2,1-5H3,(H,23,24). The lowest BCUT2D eigenvalue weighted by molar-refractivity contribution is 0.0137. The van der Waals surface area contributed by atoms with Crippen LogP contribution in [-0.4, -0.2) is 91.3 Å². The second kappa shape index (κ2) is 9.03. The minimum Gasteiger partial charge on any atom is -0.444 e. The molecule has 1 aromatic rings. The molecule has 0 radical (unpaired) electrons. The number of amides is 1. The van der Waals surface area contributed by atoms with Crippen LogP contribution in [0.4, 0.5) is 4.79 Å². The molecule has 0 bridgehead atoms. The van der Waals surface area contributed by atoms with Gasteiger partial charge in [-0.15, -0.1) is 0 Å². The maximum atomic E-state index is 12.4. The molecule has 1 N–H and O–H groups in total. The first-order valence-electron chi connectivity index (χ1n) is 10.5. The summed E-state index contributed by atoms with van der Waals surface area (Å²) in [6.45, 7) is 9.35. The number of hydrogen-bond acceptors (Lipinski definition) is 6. The molecular formula is C22H35N5O2. The van der Waals surface area contributed by atoms with Crippen LogP contribution in [-0.2, 0) is 11.2 Å². The Morgan fingerprint density at radius 2 is 2.00 bits per heavy atom. The highest BCUT2D eigenvalue weighted by Gasteiger charge is 2.36. The van der Waals surface area contributed by atoms with Crippen molar-refractivity contribution in [3.8, 4) is 0 Å².